The van der Waals surface area contributed by atoms with Gasteiger partial charge in [0, 0.05) is 11.1 Å². The SMILES string of the molecule is Cc1ccc(-c2nnc(SC(C)c3nc(-c4ccc(C)c(F)c4)no3)o2)cc1. The fourth-order valence-corrected chi connectivity index (χ4v) is 3.24. The highest BCUT2D eigenvalue weighted by Gasteiger charge is 2.20. The highest BCUT2D eigenvalue weighted by atomic mass is 32.2. The monoisotopic (exact) mass is 396 g/mol. The summed E-state index contributed by atoms with van der Waals surface area (Å²) in [4.78, 5) is 4.37. The number of thioether (sulfide) groups is 1. The van der Waals surface area contributed by atoms with Crippen molar-refractivity contribution in [3.05, 3.63) is 65.3 Å². The average molecular weight is 396 g/mol. The van der Waals surface area contributed by atoms with Crippen LogP contribution in [0.1, 0.15) is 29.2 Å². The maximum absolute atomic E-state index is 13.8. The van der Waals surface area contributed by atoms with E-state index in [0.717, 1.165) is 11.1 Å². The quantitative estimate of drug-likeness (QED) is 0.418. The molecule has 0 saturated carbocycles. The lowest BCUT2D eigenvalue weighted by Crippen LogP contribution is -1.90. The first-order chi connectivity index (χ1) is 13.5. The zero-order valence-corrected chi connectivity index (χ0v) is 16.3. The summed E-state index contributed by atoms with van der Waals surface area (Å²) < 4.78 is 24.8. The van der Waals surface area contributed by atoms with Crippen molar-refractivity contribution >= 4 is 11.8 Å². The molecular formula is C20H17FN4O2S. The molecule has 142 valence electrons. The van der Waals surface area contributed by atoms with Gasteiger partial charge in [0.25, 0.3) is 5.22 Å². The minimum absolute atomic E-state index is 0.206. The number of hydrogen-bond donors (Lipinski definition) is 0. The van der Waals surface area contributed by atoms with E-state index in [1.165, 1.54) is 17.8 Å². The average Bonchev–Trinajstić information content (AvgIpc) is 3.34. The maximum atomic E-state index is 13.8. The van der Waals surface area contributed by atoms with Crippen molar-refractivity contribution in [3.8, 4) is 22.8 Å². The van der Waals surface area contributed by atoms with E-state index in [4.69, 9.17) is 8.94 Å². The summed E-state index contributed by atoms with van der Waals surface area (Å²) in [6.45, 7) is 5.62. The van der Waals surface area contributed by atoms with Crippen molar-refractivity contribution in [1.29, 1.82) is 0 Å². The second kappa shape index (κ2) is 7.55. The van der Waals surface area contributed by atoms with Gasteiger partial charge in [0.1, 0.15) is 5.82 Å². The lowest BCUT2D eigenvalue weighted by molar-refractivity contribution is 0.379. The number of halogens is 1. The maximum Gasteiger partial charge on any atom is 0.277 e. The highest BCUT2D eigenvalue weighted by molar-refractivity contribution is 7.99. The molecule has 0 aliphatic carbocycles. The van der Waals surface area contributed by atoms with E-state index in [0.29, 0.717) is 34.0 Å². The van der Waals surface area contributed by atoms with Gasteiger partial charge < -0.3 is 8.94 Å². The third-order valence-corrected chi connectivity index (χ3v) is 5.12. The first-order valence-corrected chi connectivity index (χ1v) is 9.55. The lowest BCUT2D eigenvalue weighted by atomic mass is 10.1. The largest absolute Gasteiger partial charge is 0.411 e. The summed E-state index contributed by atoms with van der Waals surface area (Å²) >= 11 is 1.32. The molecule has 4 aromatic rings. The normalized spacial score (nSPS) is 12.3. The van der Waals surface area contributed by atoms with Gasteiger partial charge in [0.2, 0.25) is 17.6 Å². The molecule has 0 aliphatic rings. The van der Waals surface area contributed by atoms with Crippen LogP contribution >= 0.6 is 11.8 Å². The van der Waals surface area contributed by atoms with Crippen LogP contribution in [0.2, 0.25) is 0 Å². The molecule has 2 aromatic heterocycles. The Morgan fingerprint density at radius 2 is 1.75 bits per heavy atom. The number of aryl methyl sites for hydroxylation is 2. The summed E-state index contributed by atoms with van der Waals surface area (Å²) in [5, 5.41) is 12.3. The molecule has 0 fully saturated rings. The van der Waals surface area contributed by atoms with Crippen molar-refractivity contribution in [1.82, 2.24) is 20.3 Å². The first-order valence-electron chi connectivity index (χ1n) is 8.67. The molecule has 0 spiro atoms. The second-order valence-corrected chi connectivity index (χ2v) is 7.71. The van der Waals surface area contributed by atoms with Crippen LogP contribution in [0.4, 0.5) is 4.39 Å². The summed E-state index contributed by atoms with van der Waals surface area (Å²) in [6.07, 6.45) is 0. The van der Waals surface area contributed by atoms with Crippen LogP contribution in [-0.4, -0.2) is 20.3 Å². The predicted molar refractivity (Wildman–Crippen MR) is 103 cm³/mol. The molecule has 28 heavy (non-hydrogen) atoms. The van der Waals surface area contributed by atoms with Crippen LogP contribution in [0.15, 0.2) is 56.6 Å². The number of rotatable bonds is 5. The minimum atomic E-state index is -0.305. The Kier molecular flexibility index (Phi) is 4.95. The molecule has 2 aromatic carbocycles. The molecule has 0 aliphatic heterocycles. The van der Waals surface area contributed by atoms with Crippen LogP contribution < -0.4 is 0 Å². The van der Waals surface area contributed by atoms with Crippen molar-refractivity contribution < 1.29 is 13.3 Å². The number of benzene rings is 2. The van der Waals surface area contributed by atoms with Gasteiger partial charge in [0.05, 0.1) is 5.25 Å². The predicted octanol–water partition coefficient (Wildman–Crippen LogP) is 5.40. The van der Waals surface area contributed by atoms with Crippen molar-refractivity contribution in [3.63, 3.8) is 0 Å². The van der Waals surface area contributed by atoms with Crippen LogP contribution in [0, 0.1) is 19.7 Å². The van der Waals surface area contributed by atoms with Crippen molar-refractivity contribution in [2.24, 2.45) is 0 Å². The van der Waals surface area contributed by atoms with Gasteiger partial charge in [-0.05, 0) is 44.5 Å². The third kappa shape index (κ3) is 3.82. The van der Waals surface area contributed by atoms with Crippen LogP contribution in [0.25, 0.3) is 22.8 Å². The molecular weight excluding hydrogens is 379 g/mol. The van der Waals surface area contributed by atoms with Crippen LogP contribution in [0.5, 0.6) is 0 Å². The van der Waals surface area contributed by atoms with Gasteiger partial charge in [0.15, 0.2) is 0 Å². The standard InChI is InChI=1S/C20H17FN4O2S/c1-11-4-7-14(8-5-11)19-23-24-20(26-19)28-13(3)18-22-17(25-27-18)15-9-6-12(2)16(21)10-15/h4-10,13H,1-3H3. The van der Waals surface area contributed by atoms with Gasteiger partial charge in [-0.2, -0.15) is 4.98 Å². The van der Waals surface area contributed by atoms with Gasteiger partial charge in [-0.1, -0.05) is 46.7 Å². The molecule has 2 heterocycles. The fraction of sp³-hybridized carbons (Fsp3) is 0.200. The Bertz CT molecular complexity index is 1110. The molecule has 1 atom stereocenters. The van der Waals surface area contributed by atoms with E-state index < -0.39 is 0 Å². The molecule has 0 saturated heterocycles. The van der Waals surface area contributed by atoms with E-state index in [9.17, 15) is 4.39 Å². The van der Waals surface area contributed by atoms with E-state index in [-0.39, 0.29) is 11.1 Å². The van der Waals surface area contributed by atoms with Gasteiger partial charge >= 0.3 is 0 Å². The van der Waals surface area contributed by atoms with Gasteiger partial charge in [-0.25, -0.2) is 4.39 Å². The van der Waals surface area contributed by atoms with E-state index in [2.05, 4.69) is 20.3 Å². The molecule has 0 amide bonds. The fourth-order valence-electron chi connectivity index (χ4n) is 2.52. The highest BCUT2D eigenvalue weighted by Crippen LogP contribution is 2.35. The molecule has 4 rings (SSSR count). The molecule has 8 heteroatoms. The second-order valence-electron chi connectivity index (χ2n) is 6.42. The molecule has 0 bridgehead atoms. The Balaban J connectivity index is 1.48. The van der Waals surface area contributed by atoms with Gasteiger partial charge in [-0.15, -0.1) is 10.2 Å². The third-order valence-electron chi connectivity index (χ3n) is 4.20. The summed E-state index contributed by atoms with van der Waals surface area (Å²) in [5.74, 6) is 0.889. The minimum Gasteiger partial charge on any atom is -0.411 e. The van der Waals surface area contributed by atoms with E-state index >= 15 is 0 Å². The van der Waals surface area contributed by atoms with Crippen LogP contribution in [0.3, 0.4) is 0 Å². The van der Waals surface area contributed by atoms with E-state index in [1.54, 1.807) is 19.1 Å². The Morgan fingerprint density at radius 1 is 1.00 bits per heavy atom. The van der Waals surface area contributed by atoms with Gasteiger partial charge in [-0.3, -0.25) is 0 Å². The number of nitrogens with zero attached hydrogens (tertiary/aromatic N) is 4. The number of aromatic nitrogens is 4. The topological polar surface area (TPSA) is 77.8 Å². The Morgan fingerprint density at radius 3 is 2.50 bits per heavy atom. The Labute approximate surface area is 165 Å². The smallest absolute Gasteiger partial charge is 0.277 e. The summed E-state index contributed by atoms with van der Waals surface area (Å²) in [7, 11) is 0. The molecule has 0 N–H and O–H groups in total. The molecule has 0 radical (unpaired) electrons. The molecule has 1 unspecified atom stereocenters. The van der Waals surface area contributed by atoms with Crippen LogP contribution in [-0.2, 0) is 0 Å². The summed E-state index contributed by atoms with van der Waals surface area (Å²) in [6, 6.07) is 12.7. The van der Waals surface area contributed by atoms with Crippen molar-refractivity contribution in [2.45, 2.75) is 31.2 Å². The zero-order valence-electron chi connectivity index (χ0n) is 15.5. The van der Waals surface area contributed by atoms with Crippen molar-refractivity contribution in [2.75, 3.05) is 0 Å². The number of hydrogen-bond acceptors (Lipinski definition) is 7. The van der Waals surface area contributed by atoms with E-state index in [1.807, 2.05) is 38.1 Å². The lowest BCUT2D eigenvalue weighted by Gasteiger charge is -2.01. The first kappa shape index (κ1) is 18.4. The Hall–Kier alpha value is -3.00. The summed E-state index contributed by atoms with van der Waals surface area (Å²) in [5.41, 5.74) is 3.15. The zero-order chi connectivity index (χ0) is 19.7. The molecule has 6 nitrogen and oxygen atoms in total.